The Morgan fingerprint density at radius 2 is 2.11 bits per heavy atom. The van der Waals surface area contributed by atoms with Gasteiger partial charge in [0.15, 0.2) is 0 Å². The molecule has 0 saturated carbocycles. The van der Waals surface area contributed by atoms with E-state index in [-0.39, 0.29) is 6.54 Å². The Kier molecular flexibility index (Phi) is 4.86. The van der Waals surface area contributed by atoms with Crippen LogP contribution in [-0.2, 0) is 9.59 Å². The molecule has 0 aliphatic carbocycles. The van der Waals surface area contributed by atoms with Crippen LogP contribution < -0.4 is 15.5 Å². The van der Waals surface area contributed by atoms with Crippen molar-refractivity contribution in [3.8, 4) is 0 Å². The Balaban J connectivity index is 2.59. The van der Waals surface area contributed by atoms with E-state index in [1.807, 2.05) is 19.0 Å². The summed E-state index contributed by atoms with van der Waals surface area (Å²) >= 11 is 0. The number of carbonyl (C=O) groups is 2. The predicted octanol–water partition coefficient (Wildman–Crippen LogP) is 0.388. The van der Waals surface area contributed by atoms with Crippen molar-refractivity contribution in [1.82, 2.24) is 10.3 Å². The van der Waals surface area contributed by atoms with Crippen molar-refractivity contribution in [1.29, 1.82) is 0 Å². The largest absolute Gasteiger partial charge is 0.363 e. The van der Waals surface area contributed by atoms with Crippen LogP contribution in [0, 0.1) is 0 Å². The van der Waals surface area contributed by atoms with Crippen LogP contribution in [0.4, 0.5) is 11.5 Å². The zero-order valence-electron chi connectivity index (χ0n) is 10.4. The van der Waals surface area contributed by atoms with Crippen LogP contribution in [0.5, 0.6) is 0 Å². The molecule has 1 rings (SSSR count). The van der Waals surface area contributed by atoms with Gasteiger partial charge in [-0.25, -0.2) is 4.98 Å². The minimum atomic E-state index is -0.726. The van der Waals surface area contributed by atoms with Crippen molar-refractivity contribution in [3.63, 3.8) is 0 Å². The van der Waals surface area contributed by atoms with Gasteiger partial charge in [-0.1, -0.05) is 6.08 Å². The summed E-state index contributed by atoms with van der Waals surface area (Å²) < 4.78 is 0. The van der Waals surface area contributed by atoms with Crippen LogP contribution in [-0.4, -0.2) is 37.4 Å². The lowest BCUT2D eigenvalue weighted by atomic mass is 10.3. The van der Waals surface area contributed by atoms with E-state index in [1.54, 1.807) is 12.1 Å². The van der Waals surface area contributed by atoms with Gasteiger partial charge in [-0.3, -0.25) is 9.59 Å². The van der Waals surface area contributed by atoms with Crippen molar-refractivity contribution in [2.75, 3.05) is 30.9 Å². The Hall–Kier alpha value is -2.37. The summed E-state index contributed by atoms with van der Waals surface area (Å²) in [6, 6.07) is 3.43. The molecule has 6 nitrogen and oxygen atoms in total. The van der Waals surface area contributed by atoms with E-state index in [0.29, 0.717) is 5.69 Å². The first-order valence-corrected chi connectivity index (χ1v) is 5.38. The zero-order chi connectivity index (χ0) is 13.5. The fourth-order valence-corrected chi connectivity index (χ4v) is 1.16. The highest BCUT2D eigenvalue weighted by Gasteiger charge is 2.12. The molecule has 1 aromatic rings. The second kappa shape index (κ2) is 6.39. The van der Waals surface area contributed by atoms with Crippen LogP contribution >= 0.6 is 0 Å². The summed E-state index contributed by atoms with van der Waals surface area (Å²) in [5, 5.41) is 4.83. The first-order valence-electron chi connectivity index (χ1n) is 5.38. The van der Waals surface area contributed by atoms with E-state index in [2.05, 4.69) is 22.2 Å². The molecule has 0 radical (unpaired) electrons. The SMILES string of the molecule is C=CCNC(=O)C(=O)Nc1ccc(N(C)C)nc1. The summed E-state index contributed by atoms with van der Waals surface area (Å²) in [5.41, 5.74) is 0.472. The topological polar surface area (TPSA) is 74.3 Å². The Morgan fingerprint density at radius 3 is 2.61 bits per heavy atom. The second-order valence-electron chi connectivity index (χ2n) is 3.75. The number of nitrogens with zero attached hydrogens (tertiary/aromatic N) is 2. The number of amides is 2. The average Bonchev–Trinajstić information content (AvgIpc) is 2.36. The molecule has 0 saturated heterocycles. The highest BCUT2D eigenvalue weighted by atomic mass is 16.2. The van der Waals surface area contributed by atoms with Crippen LogP contribution in [0.15, 0.2) is 31.0 Å². The maximum absolute atomic E-state index is 11.4. The average molecular weight is 248 g/mol. The van der Waals surface area contributed by atoms with Gasteiger partial charge in [-0.05, 0) is 12.1 Å². The second-order valence-corrected chi connectivity index (χ2v) is 3.75. The summed E-state index contributed by atoms with van der Waals surface area (Å²) in [6.45, 7) is 3.70. The van der Waals surface area contributed by atoms with Crippen LogP contribution in [0.2, 0.25) is 0 Å². The number of nitrogens with one attached hydrogen (secondary N) is 2. The number of hydrogen-bond donors (Lipinski definition) is 2. The molecule has 0 spiro atoms. The quantitative estimate of drug-likeness (QED) is 0.597. The van der Waals surface area contributed by atoms with Crippen molar-refractivity contribution in [3.05, 3.63) is 31.0 Å². The van der Waals surface area contributed by atoms with Gasteiger partial charge in [-0.2, -0.15) is 0 Å². The van der Waals surface area contributed by atoms with Crippen molar-refractivity contribution >= 4 is 23.3 Å². The van der Waals surface area contributed by atoms with E-state index < -0.39 is 11.8 Å². The number of anilines is 2. The van der Waals surface area contributed by atoms with Gasteiger partial charge in [0.05, 0.1) is 11.9 Å². The molecule has 2 N–H and O–H groups in total. The minimum Gasteiger partial charge on any atom is -0.363 e. The third kappa shape index (κ3) is 3.89. The Bertz CT molecular complexity index is 440. The fourth-order valence-electron chi connectivity index (χ4n) is 1.16. The van der Waals surface area contributed by atoms with Crippen molar-refractivity contribution < 1.29 is 9.59 Å². The van der Waals surface area contributed by atoms with E-state index in [0.717, 1.165) is 5.82 Å². The number of aromatic nitrogens is 1. The molecular formula is C12H16N4O2. The molecule has 2 amide bonds. The minimum absolute atomic E-state index is 0.254. The highest BCUT2D eigenvalue weighted by Crippen LogP contribution is 2.11. The summed E-state index contributed by atoms with van der Waals surface area (Å²) in [5.74, 6) is -0.660. The lowest BCUT2D eigenvalue weighted by Gasteiger charge is -2.11. The van der Waals surface area contributed by atoms with Gasteiger partial charge < -0.3 is 15.5 Å². The molecule has 18 heavy (non-hydrogen) atoms. The summed E-state index contributed by atoms with van der Waals surface area (Å²) in [4.78, 5) is 28.7. The van der Waals surface area contributed by atoms with Gasteiger partial charge in [0.25, 0.3) is 0 Å². The fraction of sp³-hybridized carbons (Fsp3) is 0.250. The van der Waals surface area contributed by atoms with Gasteiger partial charge >= 0.3 is 11.8 Å². The maximum atomic E-state index is 11.4. The standard InChI is InChI=1S/C12H16N4O2/c1-4-7-13-11(17)12(18)15-9-5-6-10(14-8-9)16(2)3/h4-6,8H,1,7H2,2-3H3,(H,13,17)(H,15,18). The van der Waals surface area contributed by atoms with Crippen LogP contribution in [0.25, 0.3) is 0 Å². The molecule has 0 bridgehead atoms. The van der Waals surface area contributed by atoms with E-state index in [1.165, 1.54) is 12.3 Å². The smallest absolute Gasteiger partial charge is 0.313 e. The number of pyridine rings is 1. The molecule has 0 fully saturated rings. The first-order chi connectivity index (χ1) is 8.54. The summed E-state index contributed by atoms with van der Waals surface area (Å²) in [6.07, 6.45) is 2.99. The normalized spacial score (nSPS) is 9.44. The monoisotopic (exact) mass is 248 g/mol. The predicted molar refractivity (Wildman–Crippen MR) is 70.4 cm³/mol. The van der Waals surface area contributed by atoms with E-state index in [4.69, 9.17) is 0 Å². The molecule has 0 aliphatic rings. The molecule has 0 atom stereocenters. The molecule has 1 heterocycles. The maximum Gasteiger partial charge on any atom is 0.313 e. The summed E-state index contributed by atoms with van der Waals surface area (Å²) in [7, 11) is 3.73. The van der Waals surface area contributed by atoms with Crippen molar-refractivity contribution in [2.45, 2.75) is 0 Å². The third-order valence-corrected chi connectivity index (χ3v) is 2.08. The molecule has 0 aliphatic heterocycles. The molecule has 0 aromatic carbocycles. The molecule has 6 heteroatoms. The lowest BCUT2D eigenvalue weighted by Crippen LogP contribution is -2.35. The molecule has 96 valence electrons. The number of hydrogen-bond acceptors (Lipinski definition) is 4. The van der Waals surface area contributed by atoms with Crippen LogP contribution in [0.1, 0.15) is 0 Å². The van der Waals surface area contributed by atoms with Gasteiger partial charge in [-0.15, -0.1) is 6.58 Å². The molecule has 0 unspecified atom stereocenters. The Morgan fingerprint density at radius 1 is 1.39 bits per heavy atom. The van der Waals surface area contributed by atoms with E-state index >= 15 is 0 Å². The van der Waals surface area contributed by atoms with Crippen LogP contribution in [0.3, 0.4) is 0 Å². The van der Waals surface area contributed by atoms with Gasteiger partial charge in [0.2, 0.25) is 0 Å². The Labute approximate surface area is 106 Å². The van der Waals surface area contributed by atoms with E-state index in [9.17, 15) is 9.59 Å². The van der Waals surface area contributed by atoms with Crippen molar-refractivity contribution in [2.24, 2.45) is 0 Å². The third-order valence-electron chi connectivity index (χ3n) is 2.08. The van der Waals surface area contributed by atoms with Gasteiger partial charge in [0, 0.05) is 20.6 Å². The molecular weight excluding hydrogens is 232 g/mol. The highest BCUT2D eigenvalue weighted by molar-refractivity contribution is 6.39. The molecule has 1 aromatic heterocycles. The lowest BCUT2D eigenvalue weighted by molar-refractivity contribution is -0.136. The zero-order valence-corrected chi connectivity index (χ0v) is 10.4. The first kappa shape index (κ1) is 13.7. The number of rotatable bonds is 4. The number of carbonyl (C=O) groups excluding carboxylic acids is 2. The van der Waals surface area contributed by atoms with Gasteiger partial charge in [0.1, 0.15) is 5.82 Å².